The summed E-state index contributed by atoms with van der Waals surface area (Å²) < 4.78 is 0. The van der Waals surface area contributed by atoms with Gasteiger partial charge in [-0.2, -0.15) is 0 Å². The molecular formula is C2H3Cl3OSi. The molecule has 0 spiro atoms. The van der Waals surface area contributed by atoms with Crippen LogP contribution >= 0.6 is 33.2 Å². The van der Waals surface area contributed by atoms with E-state index in [1.807, 2.05) is 0 Å². The molecule has 0 radical (unpaired) electrons. The Bertz CT molecular complexity index is 67.8. The Morgan fingerprint density at radius 3 is 1.86 bits per heavy atom. The minimum atomic E-state index is -2.61. The van der Waals surface area contributed by atoms with Crippen LogP contribution in [0.2, 0.25) is 6.04 Å². The Balaban J connectivity index is 3.34. The first-order valence-corrected chi connectivity index (χ1v) is 6.81. The third-order valence-electron chi connectivity index (χ3n) is 0.315. The highest BCUT2D eigenvalue weighted by atomic mass is 35.8. The fraction of sp³-hybridized carbons (Fsp3) is 0.500. The molecule has 0 saturated carbocycles. The van der Waals surface area contributed by atoms with Crippen LogP contribution in [0.3, 0.4) is 0 Å². The van der Waals surface area contributed by atoms with Crippen LogP contribution in [0.4, 0.5) is 0 Å². The number of halogens is 3. The molecule has 42 valence electrons. The zero-order chi connectivity index (χ0) is 5.91. The van der Waals surface area contributed by atoms with E-state index in [4.69, 9.17) is 33.2 Å². The van der Waals surface area contributed by atoms with Gasteiger partial charge in [0.25, 0.3) is 0 Å². The van der Waals surface area contributed by atoms with Crippen molar-refractivity contribution in [2.24, 2.45) is 0 Å². The van der Waals surface area contributed by atoms with E-state index in [2.05, 4.69) is 0 Å². The Kier molecular flexibility index (Phi) is 3.24. The lowest BCUT2D eigenvalue weighted by Gasteiger charge is -1.97. The first-order valence-electron chi connectivity index (χ1n) is 1.56. The maximum Gasteiger partial charge on any atom is 0.348 e. The fourth-order valence-electron chi connectivity index (χ4n) is 0.0945. The number of rotatable bonds is 2. The molecule has 0 unspecified atom stereocenters. The Morgan fingerprint density at radius 1 is 1.43 bits per heavy atom. The van der Waals surface area contributed by atoms with Gasteiger partial charge in [0.05, 0.1) is 0 Å². The molecular weight excluding hydrogens is 174 g/mol. The number of aldehydes is 1. The summed E-state index contributed by atoms with van der Waals surface area (Å²) in [6.07, 6.45) is 0.624. The fourth-order valence-corrected chi connectivity index (χ4v) is 0.850. The van der Waals surface area contributed by atoms with Crippen LogP contribution < -0.4 is 0 Å². The smallest absolute Gasteiger partial charge is 0.304 e. The number of carbonyl (C=O) groups is 1. The number of hydrogen-bond acceptors (Lipinski definition) is 1. The van der Waals surface area contributed by atoms with Crippen molar-refractivity contribution >= 4 is 45.5 Å². The molecule has 0 aromatic heterocycles. The van der Waals surface area contributed by atoms with Gasteiger partial charge < -0.3 is 4.79 Å². The van der Waals surface area contributed by atoms with Crippen molar-refractivity contribution in [2.75, 3.05) is 0 Å². The molecule has 0 fully saturated rings. The highest BCUT2D eigenvalue weighted by Gasteiger charge is 2.23. The first-order chi connectivity index (χ1) is 3.06. The second kappa shape index (κ2) is 2.92. The zero-order valence-electron chi connectivity index (χ0n) is 3.33. The van der Waals surface area contributed by atoms with E-state index in [-0.39, 0.29) is 6.04 Å². The van der Waals surface area contributed by atoms with Gasteiger partial charge in [0.15, 0.2) is 0 Å². The van der Waals surface area contributed by atoms with Gasteiger partial charge in [-0.3, -0.25) is 0 Å². The van der Waals surface area contributed by atoms with Crippen molar-refractivity contribution in [2.45, 2.75) is 6.04 Å². The summed E-state index contributed by atoms with van der Waals surface area (Å²) in [7, 11) is 0. The average molecular weight is 177 g/mol. The molecule has 0 rings (SSSR count). The van der Waals surface area contributed by atoms with Gasteiger partial charge in [-0.15, -0.1) is 33.2 Å². The summed E-state index contributed by atoms with van der Waals surface area (Å²) in [5.74, 6) is 0. The molecule has 0 bridgehead atoms. The SMILES string of the molecule is O=CC[Si](Cl)(Cl)Cl. The standard InChI is InChI=1S/C2H3Cl3OSi/c3-7(4,5)2-1-6/h1H,2H2. The zero-order valence-corrected chi connectivity index (χ0v) is 6.59. The molecule has 0 aliphatic heterocycles. The molecule has 0 aliphatic rings. The van der Waals surface area contributed by atoms with Gasteiger partial charge >= 0.3 is 6.00 Å². The molecule has 0 aromatic carbocycles. The molecule has 5 heteroatoms. The monoisotopic (exact) mass is 176 g/mol. The van der Waals surface area contributed by atoms with Crippen molar-refractivity contribution in [3.8, 4) is 0 Å². The van der Waals surface area contributed by atoms with Crippen molar-refractivity contribution in [1.82, 2.24) is 0 Å². The molecule has 7 heavy (non-hydrogen) atoms. The van der Waals surface area contributed by atoms with Gasteiger partial charge in [0.1, 0.15) is 6.29 Å². The molecule has 0 amide bonds. The largest absolute Gasteiger partial charge is 0.348 e. The highest BCUT2D eigenvalue weighted by Crippen LogP contribution is 2.22. The molecule has 0 N–H and O–H groups in total. The van der Waals surface area contributed by atoms with Gasteiger partial charge in [0, 0.05) is 6.04 Å². The van der Waals surface area contributed by atoms with Crippen molar-refractivity contribution < 1.29 is 4.79 Å². The summed E-state index contributed by atoms with van der Waals surface area (Å²) >= 11 is 15.8. The highest BCUT2D eigenvalue weighted by molar-refractivity contribution is 7.65. The predicted molar refractivity (Wildman–Crippen MR) is 34.2 cm³/mol. The molecule has 0 saturated heterocycles. The Labute approximate surface area is 56.7 Å². The van der Waals surface area contributed by atoms with E-state index >= 15 is 0 Å². The number of hydrogen-bond donors (Lipinski definition) is 0. The minimum absolute atomic E-state index is 0.0949. The second-order valence-electron chi connectivity index (χ2n) is 0.986. The lowest BCUT2D eigenvalue weighted by molar-refractivity contribution is -0.106. The summed E-state index contributed by atoms with van der Waals surface area (Å²) in [6.45, 7) is 0. The van der Waals surface area contributed by atoms with Gasteiger partial charge in [-0.25, -0.2) is 0 Å². The third kappa shape index (κ3) is 6.76. The normalized spacial score (nSPS) is 11.3. The molecule has 0 aromatic rings. The molecule has 0 aliphatic carbocycles. The maximum absolute atomic E-state index is 9.60. The quantitative estimate of drug-likeness (QED) is 0.357. The average Bonchev–Trinajstić information content (AvgIpc) is 1.30. The van der Waals surface area contributed by atoms with E-state index in [0.717, 1.165) is 0 Å². The van der Waals surface area contributed by atoms with Crippen LogP contribution in [-0.2, 0) is 4.79 Å². The Hall–Kier alpha value is 0.757. The van der Waals surface area contributed by atoms with Crippen molar-refractivity contribution in [3.63, 3.8) is 0 Å². The summed E-state index contributed by atoms with van der Waals surface area (Å²) in [5.41, 5.74) is 0. The van der Waals surface area contributed by atoms with Crippen LogP contribution in [0.1, 0.15) is 0 Å². The van der Waals surface area contributed by atoms with E-state index in [1.54, 1.807) is 0 Å². The molecule has 0 heterocycles. The second-order valence-corrected chi connectivity index (χ2v) is 10.2. The first kappa shape index (κ1) is 7.76. The van der Waals surface area contributed by atoms with E-state index in [1.165, 1.54) is 0 Å². The van der Waals surface area contributed by atoms with Gasteiger partial charge in [-0.1, -0.05) is 0 Å². The molecule has 1 nitrogen and oxygen atoms in total. The topological polar surface area (TPSA) is 17.1 Å². The van der Waals surface area contributed by atoms with Crippen LogP contribution in [0, 0.1) is 0 Å². The van der Waals surface area contributed by atoms with Crippen molar-refractivity contribution in [1.29, 1.82) is 0 Å². The number of carbonyl (C=O) groups excluding carboxylic acids is 1. The van der Waals surface area contributed by atoms with E-state index < -0.39 is 6.00 Å². The third-order valence-corrected chi connectivity index (χ3v) is 2.33. The minimum Gasteiger partial charge on any atom is -0.304 e. The Morgan fingerprint density at radius 2 is 1.86 bits per heavy atom. The van der Waals surface area contributed by atoms with Crippen LogP contribution in [0.15, 0.2) is 0 Å². The van der Waals surface area contributed by atoms with Crippen molar-refractivity contribution in [3.05, 3.63) is 0 Å². The van der Waals surface area contributed by atoms with Gasteiger partial charge in [0.2, 0.25) is 0 Å². The lowest BCUT2D eigenvalue weighted by Crippen LogP contribution is -2.07. The van der Waals surface area contributed by atoms with E-state index in [0.29, 0.717) is 6.29 Å². The predicted octanol–water partition coefficient (Wildman–Crippen LogP) is 1.84. The maximum atomic E-state index is 9.60. The van der Waals surface area contributed by atoms with Gasteiger partial charge in [-0.05, 0) is 0 Å². The summed E-state index contributed by atoms with van der Waals surface area (Å²) in [4.78, 5) is 9.60. The summed E-state index contributed by atoms with van der Waals surface area (Å²) in [6, 6.07) is -2.51. The lowest BCUT2D eigenvalue weighted by atomic mass is 10.9. The molecule has 0 atom stereocenters. The summed E-state index contributed by atoms with van der Waals surface area (Å²) in [5, 5.41) is 0. The van der Waals surface area contributed by atoms with Crippen LogP contribution in [0.25, 0.3) is 0 Å². The van der Waals surface area contributed by atoms with Crippen LogP contribution in [-0.4, -0.2) is 12.3 Å². The van der Waals surface area contributed by atoms with E-state index in [9.17, 15) is 4.79 Å². The van der Waals surface area contributed by atoms with Crippen LogP contribution in [0.5, 0.6) is 0 Å².